The number of hydrogen-bond donors (Lipinski definition) is 2. The van der Waals surface area contributed by atoms with Gasteiger partial charge in [-0.15, -0.1) is 0 Å². The molecule has 1 heterocycles. The zero-order chi connectivity index (χ0) is 20.1. The van der Waals surface area contributed by atoms with Crippen molar-refractivity contribution in [3.63, 3.8) is 0 Å². The van der Waals surface area contributed by atoms with E-state index >= 15 is 0 Å². The number of carbonyl (C=O) groups is 1. The first-order valence-electron chi connectivity index (χ1n) is 10.2. The number of nitrogens with zero attached hydrogens (tertiary/aromatic N) is 1. The van der Waals surface area contributed by atoms with E-state index in [0.29, 0.717) is 46.9 Å². The number of hydrogen-bond acceptors (Lipinski definition) is 4. The molecule has 0 radical (unpaired) electrons. The molecule has 2 atom stereocenters. The van der Waals surface area contributed by atoms with Gasteiger partial charge in [0.2, 0.25) is 0 Å². The van der Waals surface area contributed by atoms with Crippen molar-refractivity contribution in [1.29, 1.82) is 0 Å². The highest BCUT2D eigenvalue weighted by atomic mass is 32.1. The van der Waals surface area contributed by atoms with Gasteiger partial charge in [-0.3, -0.25) is 14.2 Å². The summed E-state index contributed by atoms with van der Waals surface area (Å²) >= 11 is 5.37. The number of amides is 1. The number of aromatic amines is 1. The van der Waals surface area contributed by atoms with Gasteiger partial charge < -0.3 is 15.0 Å². The maximum Gasteiger partial charge on any atom is 0.262 e. The van der Waals surface area contributed by atoms with Crippen LogP contribution in [0.4, 0.5) is 0 Å². The van der Waals surface area contributed by atoms with Gasteiger partial charge >= 0.3 is 0 Å². The Morgan fingerprint density at radius 3 is 2.89 bits per heavy atom. The van der Waals surface area contributed by atoms with Gasteiger partial charge in [0.1, 0.15) is 0 Å². The molecule has 28 heavy (non-hydrogen) atoms. The average Bonchev–Trinajstić information content (AvgIpc) is 2.68. The van der Waals surface area contributed by atoms with Gasteiger partial charge in [-0.1, -0.05) is 19.8 Å². The first-order valence-corrected chi connectivity index (χ1v) is 10.6. The molecule has 152 valence electrons. The molecular formula is C21H29N3O3S. The molecule has 2 N–H and O–H groups in total. The summed E-state index contributed by atoms with van der Waals surface area (Å²) in [6.07, 6.45) is 5.28. The minimum Gasteiger partial charge on any atom is -0.382 e. The topological polar surface area (TPSA) is 76.1 Å². The Kier molecular flexibility index (Phi) is 7.02. The van der Waals surface area contributed by atoms with Crippen LogP contribution in [0.1, 0.15) is 56.3 Å². The van der Waals surface area contributed by atoms with Crippen molar-refractivity contribution >= 4 is 29.0 Å². The molecule has 1 aliphatic rings. The average molecular weight is 404 g/mol. The second-order valence-corrected chi connectivity index (χ2v) is 7.93. The van der Waals surface area contributed by atoms with Crippen molar-refractivity contribution in [2.75, 3.05) is 13.2 Å². The van der Waals surface area contributed by atoms with E-state index in [0.717, 1.165) is 25.7 Å². The highest BCUT2D eigenvalue weighted by molar-refractivity contribution is 7.71. The van der Waals surface area contributed by atoms with Crippen LogP contribution in [0, 0.1) is 10.7 Å². The zero-order valence-corrected chi connectivity index (χ0v) is 17.4. The monoisotopic (exact) mass is 403 g/mol. The van der Waals surface area contributed by atoms with Crippen LogP contribution in [0.15, 0.2) is 23.0 Å². The number of ether oxygens (including phenoxy) is 1. The van der Waals surface area contributed by atoms with Crippen LogP contribution in [0.5, 0.6) is 0 Å². The molecule has 1 aromatic carbocycles. The molecule has 1 aliphatic carbocycles. The van der Waals surface area contributed by atoms with Crippen molar-refractivity contribution < 1.29 is 9.53 Å². The van der Waals surface area contributed by atoms with Crippen LogP contribution in [-0.2, 0) is 11.3 Å². The Balaban J connectivity index is 1.80. The molecule has 7 heteroatoms. The van der Waals surface area contributed by atoms with E-state index in [-0.39, 0.29) is 17.5 Å². The number of fused-ring (bicyclic) bond motifs is 1. The Labute approximate surface area is 170 Å². The van der Waals surface area contributed by atoms with Crippen LogP contribution >= 0.6 is 12.2 Å². The highest BCUT2D eigenvalue weighted by Crippen LogP contribution is 2.24. The fourth-order valence-electron chi connectivity index (χ4n) is 3.85. The van der Waals surface area contributed by atoms with Crippen LogP contribution in [-0.4, -0.2) is 34.7 Å². The molecule has 0 spiro atoms. The molecule has 3 rings (SSSR count). The molecule has 1 fully saturated rings. The lowest BCUT2D eigenvalue weighted by Crippen LogP contribution is -2.41. The summed E-state index contributed by atoms with van der Waals surface area (Å²) in [6, 6.07) is 5.36. The van der Waals surface area contributed by atoms with E-state index in [9.17, 15) is 9.59 Å². The predicted molar refractivity (Wildman–Crippen MR) is 113 cm³/mol. The number of aromatic nitrogens is 2. The van der Waals surface area contributed by atoms with Crippen molar-refractivity contribution in [2.24, 2.45) is 5.92 Å². The second kappa shape index (κ2) is 9.47. The quantitative estimate of drug-likeness (QED) is 0.545. The molecule has 0 unspecified atom stereocenters. The van der Waals surface area contributed by atoms with Crippen molar-refractivity contribution in [3.8, 4) is 0 Å². The lowest BCUT2D eigenvalue weighted by molar-refractivity contribution is 0.0910. The number of nitrogens with one attached hydrogen (secondary N) is 2. The van der Waals surface area contributed by atoms with Gasteiger partial charge in [0, 0.05) is 31.4 Å². The molecule has 1 amide bonds. The van der Waals surface area contributed by atoms with E-state index in [4.69, 9.17) is 17.0 Å². The van der Waals surface area contributed by atoms with Gasteiger partial charge in [-0.2, -0.15) is 0 Å². The third-order valence-corrected chi connectivity index (χ3v) is 5.87. The van der Waals surface area contributed by atoms with E-state index in [1.807, 2.05) is 6.92 Å². The number of carbonyl (C=O) groups excluding carboxylic acids is 1. The van der Waals surface area contributed by atoms with Gasteiger partial charge in [-0.25, -0.2) is 0 Å². The van der Waals surface area contributed by atoms with Crippen molar-refractivity contribution in [3.05, 3.63) is 38.9 Å². The first kappa shape index (κ1) is 20.7. The summed E-state index contributed by atoms with van der Waals surface area (Å²) in [4.78, 5) is 28.6. The third kappa shape index (κ3) is 4.70. The van der Waals surface area contributed by atoms with Gasteiger partial charge in [0.15, 0.2) is 4.77 Å². The van der Waals surface area contributed by atoms with Crippen LogP contribution in [0.3, 0.4) is 0 Å². The predicted octanol–water partition coefficient (Wildman–Crippen LogP) is 3.79. The molecule has 1 saturated carbocycles. The molecule has 2 aromatic rings. The maximum atomic E-state index is 12.8. The normalized spacial score (nSPS) is 19.6. The Hall–Kier alpha value is -1.99. The molecule has 0 saturated heterocycles. The Morgan fingerprint density at radius 1 is 1.36 bits per heavy atom. The highest BCUT2D eigenvalue weighted by Gasteiger charge is 2.23. The van der Waals surface area contributed by atoms with E-state index < -0.39 is 0 Å². The standard InChI is InChI=1S/C21H29N3O3S/c1-3-27-12-6-11-24-20(26)16-10-9-15(13-18(16)23-21(24)28)19(25)22-17-8-5-4-7-14(17)2/h9-10,13-14,17H,3-8,11-12H2,1-2H3,(H,22,25)(H,23,28)/t14-,17+/m0/s1. The second-order valence-electron chi connectivity index (χ2n) is 7.54. The molecule has 6 nitrogen and oxygen atoms in total. The fraction of sp³-hybridized carbons (Fsp3) is 0.571. The Bertz CT molecular complexity index is 950. The van der Waals surface area contributed by atoms with Crippen LogP contribution in [0.2, 0.25) is 0 Å². The van der Waals surface area contributed by atoms with Gasteiger partial charge in [-0.05, 0) is 62.5 Å². The maximum absolute atomic E-state index is 12.8. The smallest absolute Gasteiger partial charge is 0.262 e. The van der Waals surface area contributed by atoms with E-state index in [1.165, 1.54) is 6.42 Å². The molecular weight excluding hydrogens is 374 g/mol. The Morgan fingerprint density at radius 2 is 2.14 bits per heavy atom. The summed E-state index contributed by atoms with van der Waals surface area (Å²) in [6.45, 7) is 5.89. The molecule has 0 aliphatic heterocycles. The first-order chi connectivity index (χ1) is 13.5. The summed E-state index contributed by atoms with van der Waals surface area (Å²) in [7, 11) is 0. The van der Waals surface area contributed by atoms with Crippen LogP contribution < -0.4 is 10.9 Å². The fourth-order valence-corrected chi connectivity index (χ4v) is 4.13. The summed E-state index contributed by atoms with van der Waals surface area (Å²) in [5, 5.41) is 3.69. The molecule has 1 aromatic heterocycles. The zero-order valence-electron chi connectivity index (χ0n) is 16.6. The van der Waals surface area contributed by atoms with Crippen molar-refractivity contribution in [2.45, 2.75) is 58.5 Å². The third-order valence-electron chi connectivity index (χ3n) is 5.55. The lowest BCUT2D eigenvalue weighted by Gasteiger charge is -2.29. The van der Waals surface area contributed by atoms with E-state index in [2.05, 4.69) is 17.2 Å². The van der Waals surface area contributed by atoms with Crippen molar-refractivity contribution in [1.82, 2.24) is 14.9 Å². The summed E-state index contributed by atoms with van der Waals surface area (Å²) in [5.74, 6) is 0.397. The van der Waals surface area contributed by atoms with Crippen LogP contribution in [0.25, 0.3) is 10.9 Å². The minimum atomic E-state index is -0.136. The largest absolute Gasteiger partial charge is 0.382 e. The number of H-pyrrole nitrogens is 1. The SMILES string of the molecule is CCOCCCn1c(=S)[nH]c2cc(C(=O)N[C@@H]3CCCC[C@@H]3C)ccc2c1=O. The number of rotatable bonds is 7. The summed E-state index contributed by atoms with van der Waals surface area (Å²) in [5.41, 5.74) is 1.01. The van der Waals surface area contributed by atoms with Gasteiger partial charge in [0.05, 0.1) is 10.9 Å². The van der Waals surface area contributed by atoms with E-state index in [1.54, 1.807) is 22.8 Å². The van der Waals surface area contributed by atoms with Gasteiger partial charge in [0.25, 0.3) is 11.5 Å². The summed E-state index contributed by atoms with van der Waals surface area (Å²) < 4.78 is 7.25. The minimum absolute atomic E-state index is 0.0964. The molecule has 0 bridgehead atoms. The number of benzene rings is 1. The lowest BCUT2D eigenvalue weighted by atomic mass is 9.86.